The molecule has 24 heavy (non-hydrogen) atoms. The second-order valence-corrected chi connectivity index (χ2v) is 7.03. The van der Waals surface area contributed by atoms with Gasteiger partial charge in [0.1, 0.15) is 4.21 Å². The first-order valence-electron chi connectivity index (χ1n) is 7.45. The van der Waals surface area contributed by atoms with Gasteiger partial charge in [-0.2, -0.15) is 0 Å². The SMILES string of the molecule is CCNSc1scc(NC(=O)Nc2cccc3ccccc23)c1O. The number of fused-ring (bicyclic) bond motifs is 1. The highest BCUT2D eigenvalue weighted by atomic mass is 32.2. The largest absolute Gasteiger partial charge is 0.504 e. The number of hydrogen-bond acceptors (Lipinski definition) is 5. The highest BCUT2D eigenvalue weighted by molar-refractivity contribution is 7.99. The maximum atomic E-state index is 12.2. The number of nitrogens with one attached hydrogen (secondary N) is 3. The Kier molecular flexibility index (Phi) is 5.24. The first-order chi connectivity index (χ1) is 11.7. The van der Waals surface area contributed by atoms with Crippen molar-refractivity contribution in [3.63, 3.8) is 0 Å². The van der Waals surface area contributed by atoms with Crippen LogP contribution >= 0.6 is 23.3 Å². The van der Waals surface area contributed by atoms with Gasteiger partial charge in [-0.3, -0.25) is 4.72 Å². The summed E-state index contributed by atoms with van der Waals surface area (Å²) in [4.78, 5) is 12.2. The molecule has 0 spiro atoms. The summed E-state index contributed by atoms with van der Waals surface area (Å²) in [6.45, 7) is 2.76. The Balaban J connectivity index is 1.73. The number of aromatic hydroxyl groups is 1. The van der Waals surface area contributed by atoms with Crippen molar-refractivity contribution in [2.24, 2.45) is 0 Å². The molecule has 0 saturated carbocycles. The van der Waals surface area contributed by atoms with E-state index < -0.39 is 0 Å². The lowest BCUT2D eigenvalue weighted by Crippen LogP contribution is -2.19. The number of urea groups is 1. The van der Waals surface area contributed by atoms with Crippen LogP contribution in [0.2, 0.25) is 0 Å². The molecule has 0 fully saturated rings. The lowest BCUT2D eigenvalue weighted by atomic mass is 10.1. The number of rotatable bonds is 5. The van der Waals surface area contributed by atoms with Gasteiger partial charge < -0.3 is 15.7 Å². The Morgan fingerprint density at radius 3 is 2.71 bits per heavy atom. The smallest absolute Gasteiger partial charge is 0.323 e. The fraction of sp³-hybridized carbons (Fsp3) is 0.118. The van der Waals surface area contributed by atoms with Crippen LogP contribution in [-0.2, 0) is 0 Å². The van der Waals surface area contributed by atoms with Gasteiger partial charge in [-0.15, -0.1) is 11.3 Å². The van der Waals surface area contributed by atoms with Gasteiger partial charge in [0.25, 0.3) is 0 Å². The first kappa shape index (κ1) is 16.6. The minimum Gasteiger partial charge on any atom is -0.504 e. The lowest BCUT2D eigenvalue weighted by molar-refractivity contribution is 0.262. The van der Waals surface area contributed by atoms with Crippen LogP contribution in [0.5, 0.6) is 5.75 Å². The van der Waals surface area contributed by atoms with E-state index in [-0.39, 0.29) is 11.8 Å². The van der Waals surface area contributed by atoms with Gasteiger partial charge >= 0.3 is 6.03 Å². The number of thiophene rings is 1. The molecule has 0 saturated heterocycles. The van der Waals surface area contributed by atoms with Gasteiger partial charge in [-0.05, 0) is 23.4 Å². The highest BCUT2D eigenvalue weighted by Gasteiger charge is 2.14. The van der Waals surface area contributed by atoms with Crippen LogP contribution in [0.25, 0.3) is 10.8 Å². The second kappa shape index (κ2) is 7.57. The first-order valence-corrected chi connectivity index (χ1v) is 9.14. The summed E-state index contributed by atoms with van der Waals surface area (Å²) in [6.07, 6.45) is 0. The normalized spacial score (nSPS) is 10.7. The average molecular weight is 359 g/mol. The number of anilines is 2. The zero-order valence-electron chi connectivity index (χ0n) is 13.0. The Hall–Kier alpha value is -2.22. The van der Waals surface area contributed by atoms with Gasteiger partial charge in [0.2, 0.25) is 0 Å². The van der Waals surface area contributed by atoms with Crippen molar-refractivity contribution >= 4 is 51.5 Å². The summed E-state index contributed by atoms with van der Waals surface area (Å²) in [5.74, 6) is 0.0824. The van der Waals surface area contributed by atoms with Crippen LogP contribution in [0.1, 0.15) is 6.92 Å². The summed E-state index contributed by atoms with van der Waals surface area (Å²) >= 11 is 2.72. The maximum absolute atomic E-state index is 12.2. The summed E-state index contributed by atoms with van der Waals surface area (Å²) in [7, 11) is 0. The van der Waals surface area contributed by atoms with Crippen LogP contribution in [0.4, 0.5) is 16.2 Å². The minimum atomic E-state index is -0.389. The van der Waals surface area contributed by atoms with Crippen LogP contribution in [0.15, 0.2) is 52.1 Å². The molecule has 7 heteroatoms. The van der Waals surface area contributed by atoms with E-state index in [1.165, 1.54) is 23.3 Å². The third-order valence-electron chi connectivity index (χ3n) is 3.33. The summed E-state index contributed by atoms with van der Waals surface area (Å²) in [5, 5.41) is 19.4. The number of carbonyl (C=O) groups excluding carboxylic acids is 1. The van der Waals surface area contributed by atoms with Gasteiger partial charge in [0.05, 0.1) is 11.4 Å². The molecule has 3 aromatic rings. The van der Waals surface area contributed by atoms with E-state index in [4.69, 9.17) is 0 Å². The Labute approximate surface area is 148 Å². The zero-order valence-corrected chi connectivity index (χ0v) is 14.6. The van der Waals surface area contributed by atoms with Crippen LogP contribution in [0, 0.1) is 0 Å². The molecule has 0 bridgehead atoms. The van der Waals surface area contributed by atoms with E-state index in [1.54, 1.807) is 5.38 Å². The van der Waals surface area contributed by atoms with Gasteiger partial charge in [-0.1, -0.05) is 43.3 Å². The van der Waals surface area contributed by atoms with E-state index in [2.05, 4.69) is 15.4 Å². The molecule has 4 N–H and O–H groups in total. The average Bonchev–Trinajstić information content (AvgIpc) is 2.93. The molecule has 5 nitrogen and oxygen atoms in total. The lowest BCUT2D eigenvalue weighted by Gasteiger charge is -2.09. The summed E-state index contributed by atoms with van der Waals surface area (Å²) in [5.41, 5.74) is 1.13. The molecule has 0 unspecified atom stereocenters. The number of hydrogen-bond donors (Lipinski definition) is 4. The van der Waals surface area contributed by atoms with Gasteiger partial charge in [-0.25, -0.2) is 4.79 Å². The fourth-order valence-electron chi connectivity index (χ4n) is 2.24. The number of carbonyl (C=O) groups is 1. The van der Waals surface area contributed by atoms with Crippen molar-refractivity contribution in [1.82, 2.24) is 4.72 Å². The van der Waals surface area contributed by atoms with Crippen molar-refractivity contribution in [2.45, 2.75) is 11.1 Å². The van der Waals surface area contributed by atoms with Crippen molar-refractivity contribution in [3.05, 3.63) is 47.8 Å². The van der Waals surface area contributed by atoms with Crippen LogP contribution < -0.4 is 15.4 Å². The standard InChI is InChI=1S/C17H17N3O2S2/c1-2-18-24-16-15(21)14(10-23-16)20-17(22)19-13-9-5-7-11-6-3-4-8-12(11)13/h3-10,18,21H,2H2,1H3,(H2,19,20,22). The molecule has 0 aliphatic rings. The van der Waals surface area contributed by atoms with E-state index in [1.807, 2.05) is 49.4 Å². The van der Waals surface area contributed by atoms with Gasteiger partial charge in [0, 0.05) is 17.3 Å². The van der Waals surface area contributed by atoms with Crippen molar-refractivity contribution < 1.29 is 9.90 Å². The number of amides is 2. The maximum Gasteiger partial charge on any atom is 0.323 e. The molecule has 2 aromatic carbocycles. The Morgan fingerprint density at radius 2 is 1.88 bits per heavy atom. The van der Waals surface area contributed by atoms with E-state index in [0.717, 1.165) is 27.2 Å². The predicted octanol–water partition coefficient (Wildman–Crippen LogP) is 4.87. The molecule has 0 radical (unpaired) electrons. The van der Waals surface area contributed by atoms with E-state index in [9.17, 15) is 9.90 Å². The minimum absolute atomic E-state index is 0.0824. The van der Waals surface area contributed by atoms with Crippen molar-refractivity contribution in [3.8, 4) is 5.75 Å². The number of benzene rings is 2. The van der Waals surface area contributed by atoms with Crippen molar-refractivity contribution in [2.75, 3.05) is 17.2 Å². The van der Waals surface area contributed by atoms with Crippen LogP contribution in [-0.4, -0.2) is 17.7 Å². The molecule has 3 rings (SSSR count). The Morgan fingerprint density at radius 1 is 1.12 bits per heavy atom. The molecular formula is C17H17N3O2S2. The van der Waals surface area contributed by atoms with Gasteiger partial charge in [0.15, 0.2) is 5.75 Å². The monoisotopic (exact) mass is 359 g/mol. The molecular weight excluding hydrogens is 342 g/mol. The quantitative estimate of drug-likeness (QED) is 0.491. The predicted molar refractivity (Wildman–Crippen MR) is 102 cm³/mol. The van der Waals surface area contributed by atoms with E-state index in [0.29, 0.717) is 5.69 Å². The summed E-state index contributed by atoms with van der Waals surface area (Å²) < 4.78 is 3.79. The third-order valence-corrected chi connectivity index (χ3v) is 5.44. The Bertz CT molecular complexity index is 859. The molecule has 0 aliphatic carbocycles. The molecule has 0 atom stereocenters. The molecule has 1 heterocycles. The van der Waals surface area contributed by atoms with E-state index >= 15 is 0 Å². The second-order valence-electron chi connectivity index (χ2n) is 4.99. The van der Waals surface area contributed by atoms with Crippen LogP contribution in [0.3, 0.4) is 0 Å². The molecule has 0 aliphatic heterocycles. The fourth-order valence-corrected chi connectivity index (χ4v) is 3.86. The molecule has 1 aromatic heterocycles. The molecule has 124 valence electrons. The zero-order chi connectivity index (χ0) is 16.9. The van der Waals surface area contributed by atoms with Crippen molar-refractivity contribution in [1.29, 1.82) is 0 Å². The third kappa shape index (κ3) is 3.64. The summed E-state index contributed by atoms with van der Waals surface area (Å²) in [6, 6.07) is 13.2. The highest BCUT2D eigenvalue weighted by Crippen LogP contribution is 2.40. The topological polar surface area (TPSA) is 73.4 Å². The molecule has 2 amide bonds.